The lowest BCUT2D eigenvalue weighted by Gasteiger charge is -2.26. The number of hydrogen-bond acceptors (Lipinski definition) is 3. The number of rotatable bonds is 6. The minimum Gasteiger partial charge on any atom is -0.480 e. The van der Waals surface area contributed by atoms with Gasteiger partial charge in [0.15, 0.2) is 0 Å². The van der Waals surface area contributed by atoms with Crippen molar-refractivity contribution >= 4 is 11.9 Å². The topological polar surface area (TPSA) is 69.6 Å². The number of nitrogens with zero attached hydrogens (tertiary/aromatic N) is 1. The van der Waals surface area contributed by atoms with E-state index in [0.29, 0.717) is 13.0 Å². The second-order valence-electron chi connectivity index (χ2n) is 5.48. The fourth-order valence-electron chi connectivity index (χ4n) is 2.61. The third kappa shape index (κ3) is 5.19. The molecule has 2 N–H and O–H groups in total. The zero-order valence-electron chi connectivity index (χ0n) is 12.1. The summed E-state index contributed by atoms with van der Waals surface area (Å²) in [6.07, 6.45) is 3.74. The van der Waals surface area contributed by atoms with Crippen LogP contribution in [0.25, 0.3) is 0 Å². The first-order valence-electron chi connectivity index (χ1n) is 7.43. The van der Waals surface area contributed by atoms with Crippen LogP contribution >= 0.6 is 0 Å². The lowest BCUT2D eigenvalue weighted by Crippen LogP contribution is -2.47. The maximum absolute atomic E-state index is 12.0. The Morgan fingerprint density at radius 1 is 1.14 bits per heavy atom. The summed E-state index contributed by atoms with van der Waals surface area (Å²) in [6, 6.07) is 8.48. The molecule has 1 amide bonds. The van der Waals surface area contributed by atoms with E-state index in [1.165, 1.54) is 6.42 Å². The zero-order chi connectivity index (χ0) is 15.1. The second kappa shape index (κ2) is 7.78. The van der Waals surface area contributed by atoms with Gasteiger partial charge < -0.3 is 10.4 Å². The highest BCUT2D eigenvalue weighted by molar-refractivity contribution is 5.84. The number of nitrogens with one attached hydrogen (secondary N) is 1. The van der Waals surface area contributed by atoms with Crippen molar-refractivity contribution in [3.8, 4) is 0 Å². The van der Waals surface area contributed by atoms with Gasteiger partial charge in [0.2, 0.25) is 5.91 Å². The van der Waals surface area contributed by atoms with Gasteiger partial charge in [-0.15, -0.1) is 0 Å². The van der Waals surface area contributed by atoms with Crippen LogP contribution in [0.5, 0.6) is 0 Å². The van der Waals surface area contributed by atoms with Crippen molar-refractivity contribution in [3.63, 3.8) is 0 Å². The Morgan fingerprint density at radius 3 is 2.43 bits per heavy atom. The van der Waals surface area contributed by atoms with E-state index in [1.807, 2.05) is 30.3 Å². The molecule has 1 fully saturated rings. The molecule has 1 aromatic rings. The summed E-state index contributed by atoms with van der Waals surface area (Å²) in [6.45, 7) is 2.13. The Morgan fingerprint density at radius 2 is 1.81 bits per heavy atom. The van der Waals surface area contributed by atoms with Gasteiger partial charge in [-0.2, -0.15) is 0 Å². The van der Waals surface area contributed by atoms with Crippen LogP contribution in [0.1, 0.15) is 24.8 Å². The van der Waals surface area contributed by atoms with E-state index in [0.717, 1.165) is 31.5 Å². The van der Waals surface area contributed by atoms with Gasteiger partial charge in [0.25, 0.3) is 0 Å². The quantitative estimate of drug-likeness (QED) is 0.828. The first-order valence-corrected chi connectivity index (χ1v) is 7.43. The molecule has 5 nitrogen and oxygen atoms in total. The lowest BCUT2D eigenvalue weighted by molar-refractivity contribution is -0.142. The summed E-state index contributed by atoms with van der Waals surface area (Å²) >= 11 is 0. The van der Waals surface area contributed by atoms with Crippen LogP contribution in [-0.4, -0.2) is 47.6 Å². The molecule has 0 radical (unpaired) electrons. The predicted octanol–water partition coefficient (Wildman–Crippen LogP) is 1.28. The molecule has 1 atom stereocenters. The molecule has 0 aromatic heterocycles. The number of carboxylic acid groups (broad SMARTS) is 1. The molecule has 114 valence electrons. The van der Waals surface area contributed by atoms with E-state index in [1.54, 1.807) is 0 Å². The molecule has 1 aliphatic heterocycles. The van der Waals surface area contributed by atoms with Gasteiger partial charge in [-0.1, -0.05) is 36.8 Å². The molecular weight excluding hydrogens is 268 g/mol. The molecule has 21 heavy (non-hydrogen) atoms. The molecule has 1 saturated heterocycles. The van der Waals surface area contributed by atoms with Gasteiger partial charge in [-0.3, -0.25) is 9.69 Å². The molecule has 1 unspecified atom stereocenters. The molecule has 0 spiro atoms. The number of likely N-dealkylation sites (tertiary alicyclic amines) is 1. The van der Waals surface area contributed by atoms with Gasteiger partial charge in [0.1, 0.15) is 6.04 Å². The minimum atomic E-state index is -0.995. The van der Waals surface area contributed by atoms with E-state index < -0.39 is 12.0 Å². The van der Waals surface area contributed by atoms with E-state index in [9.17, 15) is 14.7 Å². The standard InChI is InChI=1S/C16H22N2O3/c19-15(12-18-9-5-2-6-10-18)17-14(16(20)21)11-13-7-3-1-4-8-13/h1,3-4,7-8,14H,2,5-6,9-12H2,(H,17,19)(H,20,21). The van der Waals surface area contributed by atoms with Gasteiger partial charge in [-0.05, 0) is 31.5 Å². The summed E-state index contributed by atoms with van der Waals surface area (Å²) in [5.41, 5.74) is 0.906. The van der Waals surface area contributed by atoms with Crippen molar-refractivity contribution < 1.29 is 14.7 Å². The van der Waals surface area contributed by atoms with Crippen LogP contribution in [0.2, 0.25) is 0 Å². The fourth-order valence-corrected chi connectivity index (χ4v) is 2.61. The summed E-state index contributed by atoms with van der Waals surface area (Å²) in [7, 11) is 0. The van der Waals surface area contributed by atoms with Gasteiger partial charge in [0.05, 0.1) is 6.54 Å². The molecule has 0 saturated carbocycles. The average Bonchev–Trinajstić information content (AvgIpc) is 2.48. The summed E-state index contributed by atoms with van der Waals surface area (Å²) in [5, 5.41) is 11.9. The average molecular weight is 290 g/mol. The first-order chi connectivity index (χ1) is 10.1. The first kappa shape index (κ1) is 15.5. The van der Waals surface area contributed by atoms with Crippen LogP contribution in [0.15, 0.2) is 30.3 Å². The van der Waals surface area contributed by atoms with Crippen LogP contribution in [-0.2, 0) is 16.0 Å². The van der Waals surface area contributed by atoms with Crippen molar-refractivity contribution in [2.45, 2.75) is 31.7 Å². The Labute approximate surface area is 125 Å². The second-order valence-corrected chi connectivity index (χ2v) is 5.48. The third-order valence-corrected chi connectivity index (χ3v) is 3.73. The number of aliphatic carboxylic acids is 1. The van der Waals surface area contributed by atoms with E-state index in [2.05, 4.69) is 10.2 Å². The van der Waals surface area contributed by atoms with E-state index in [-0.39, 0.29) is 5.91 Å². The Hall–Kier alpha value is -1.88. The largest absolute Gasteiger partial charge is 0.480 e. The Kier molecular flexibility index (Phi) is 5.75. The number of benzene rings is 1. The normalized spacial score (nSPS) is 17.1. The SMILES string of the molecule is O=C(CN1CCCCC1)NC(Cc1ccccc1)C(=O)O. The number of piperidine rings is 1. The zero-order valence-corrected chi connectivity index (χ0v) is 12.1. The minimum absolute atomic E-state index is 0.208. The van der Waals surface area contributed by atoms with Gasteiger partial charge in [-0.25, -0.2) is 4.79 Å². The molecule has 0 bridgehead atoms. The number of hydrogen-bond donors (Lipinski definition) is 2. The molecule has 5 heteroatoms. The smallest absolute Gasteiger partial charge is 0.326 e. The van der Waals surface area contributed by atoms with Gasteiger partial charge in [0, 0.05) is 6.42 Å². The highest BCUT2D eigenvalue weighted by atomic mass is 16.4. The molecule has 2 rings (SSSR count). The number of amides is 1. The highest BCUT2D eigenvalue weighted by Crippen LogP contribution is 2.08. The number of carboxylic acids is 1. The molecule has 1 aliphatic rings. The predicted molar refractivity (Wildman–Crippen MR) is 80.0 cm³/mol. The molecule has 1 heterocycles. The van der Waals surface area contributed by atoms with E-state index >= 15 is 0 Å². The third-order valence-electron chi connectivity index (χ3n) is 3.73. The summed E-state index contributed by atoms with van der Waals surface area (Å²) < 4.78 is 0. The highest BCUT2D eigenvalue weighted by Gasteiger charge is 2.22. The van der Waals surface area contributed by atoms with Gasteiger partial charge >= 0.3 is 5.97 Å². The van der Waals surface area contributed by atoms with Crippen LogP contribution < -0.4 is 5.32 Å². The summed E-state index contributed by atoms with van der Waals surface area (Å²) in [4.78, 5) is 25.4. The van der Waals surface area contributed by atoms with Crippen LogP contribution in [0.3, 0.4) is 0 Å². The van der Waals surface area contributed by atoms with Crippen molar-refractivity contribution in [2.75, 3.05) is 19.6 Å². The fraction of sp³-hybridized carbons (Fsp3) is 0.500. The van der Waals surface area contributed by atoms with Crippen molar-refractivity contribution in [1.29, 1.82) is 0 Å². The maximum Gasteiger partial charge on any atom is 0.326 e. The van der Waals surface area contributed by atoms with Crippen LogP contribution in [0.4, 0.5) is 0 Å². The summed E-state index contributed by atoms with van der Waals surface area (Å²) in [5.74, 6) is -1.20. The monoisotopic (exact) mass is 290 g/mol. The number of carbonyl (C=O) groups is 2. The molecule has 0 aliphatic carbocycles. The van der Waals surface area contributed by atoms with Crippen molar-refractivity contribution in [2.24, 2.45) is 0 Å². The maximum atomic E-state index is 12.0. The Balaban J connectivity index is 1.86. The number of carbonyl (C=O) groups excluding carboxylic acids is 1. The van der Waals surface area contributed by atoms with Crippen LogP contribution in [0, 0.1) is 0 Å². The molecular formula is C16H22N2O3. The van der Waals surface area contributed by atoms with Crippen molar-refractivity contribution in [1.82, 2.24) is 10.2 Å². The van der Waals surface area contributed by atoms with Crippen molar-refractivity contribution in [3.05, 3.63) is 35.9 Å². The molecule has 1 aromatic carbocycles. The Bertz CT molecular complexity index is 470. The lowest BCUT2D eigenvalue weighted by atomic mass is 10.1. The van der Waals surface area contributed by atoms with E-state index in [4.69, 9.17) is 0 Å².